The zero-order valence-electron chi connectivity index (χ0n) is 14.6. The fraction of sp³-hybridized carbons (Fsp3) is 0.611. The van der Waals surface area contributed by atoms with Gasteiger partial charge in [0.2, 0.25) is 5.91 Å². The van der Waals surface area contributed by atoms with E-state index in [2.05, 4.69) is 13.8 Å². The van der Waals surface area contributed by atoms with Gasteiger partial charge in [-0.3, -0.25) is 4.79 Å². The molecule has 5 heteroatoms. The average Bonchev–Trinajstić information content (AvgIpc) is 2.43. The Morgan fingerprint density at radius 2 is 1.96 bits per heavy atom. The third-order valence-electron chi connectivity index (χ3n) is 4.08. The van der Waals surface area contributed by atoms with Crippen LogP contribution in [-0.4, -0.2) is 30.4 Å². The van der Waals surface area contributed by atoms with E-state index in [0.717, 1.165) is 12.0 Å². The SMILES string of the molecule is CC(CC(=O)N(C)CCC(N)C(C)C)Cc1cccc(F)c1.Cl. The Balaban J connectivity index is 0.00000484. The molecule has 0 spiro atoms. The van der Waals surface area contributed by atoms with Crippen LogP contribution in [0.1, 0.15) is 39.2 Å². The van der Waals surface area contributed by atoms with Gasteiger partial charge < -0.3 is 10.6 Å². The molecular formula is C18H30ClFN2O. The molecule has 2 unspecified atom stereocenters. The van der Waals surface area contributed by atoms with Gasteiger partial charge in [0.05, 0.1) is 0 Å². The summed E-state index contributed by atoms with van der Waals surface area (Å²) in [5, 5.41) is 0. The molecule has 1 amide bonds. The Morgan fingerprint density at radius 1 is 1.30 bits per heavy atom. The maximum Gasteiger partial charge on any atom is 0.222 e. The fourth-order valence-corrected chi connectivity index (χ4v) is 2.39. The summed E-state index contributed by atoms with van der Waals surface area (Å²) in [6.45, 7) is 6.89. The summed E-state index contributed by atoms with van der Waals surface area (Å²) in [6, 6.07) is 6.70. The molecule has 0 bridgehead atoms. The maximum absolute atomic E-state index is 13.2. The van der Waals surface area contributed by atoms with Gasteiger partial charge in [-0.25, -0.2) is 4.39 Å². The molecule has 1 rings (SSSR count). The van der Waals surface area contributed by atoms with Crippen LogP contribution in [-0.2, 0) is 11.2 Å². The summed E-state index contributed by atoms with van der Waals surface area (Å²) in [4.78, 5) is 14.0. The molecule has 2 atom stereocenters. The third-order valence-corrected chi connectivity index (χ3v) is 4.08. The van der Waals surface area contributed by atoms with Crippen LogP contribution in [0.3, 0.4) is 0 Å². The molecule has 1 aromatic rings. The largest absolute Gasteiger partial charge is 0.346 e. The van der Waals surface area contributed by atoms with Gasteiger partial charge in [-0.05, 0) is 42.4 Å². The molecule has 0 heterocycles. The molecule has 3 nitrogen and oxygen atoms in total. The second kappa shape index (κ2) is 10.6. The lowest BCUT2D eigenvalue weighted by atomic mass is 9.97. The molecule has 0 aliphatic carbocycles. The highest BCUT2D eigenvalue weighted by atomic mass is 35.5. The van der Waals surface area contributed by atoms with E-state index in [-0.39, 0.29) is 36.1 Å². The quantitative estimate of drug-likeness (QED) is 0.782. The molecule has 1 aromatic carbocycles. The van der Waals surface area contributed by atoms with Crippen molar-refractivity contribution < 1.29 is 9.18 Å². The first-order valence-electron chi connectivity index (χ1n) is 8.03. The number of amides is 1. The first-order chi connectivity index (χ1) is 10.3. The summed E-state index contributed by atoms with van der Waals surface area (Å²) in [6.07, 6.45) is 2.00. The molecule has 0 aliphatic rings. The Morgan fingerprint density at radius 3 is 2.52 bits per heavy atom. The van der Waals surface area contributed by atoms with Gasteiger partial charge in [-0.1, -0.05) is 32.9 Å². The van der Waals surface area contributed by atoms with E-state index in [0.29, 0.717) is 25.3 Å². The van der Waals surface area contributed by atoms with Crippen molar-refractivity contribution in [2.24, 2.45) is 17.6 Å². The van der Waals surface area contributed by atoms with Crippen LogP contribution in [0.4, 0.5) is 4.39 Å². The lowest BCUT2D eigenvalue weighted by Crippen LogP contribution is -2.35. The highest BCUT2D eigenvalue weighted by Gasteiger charge is 2.16. The molecule has 0 radical (unpaired) electrons. The predicted molar refractivity (Wildman–Crippen MR) is 96.2 cm³/mol. The normalized spacial score (nSPS) is 13.3. The van der Waals surface area contributed by atoms with E-state index in [1.807, 2.05) is 20.0 Å². The van der Waals surface area contributed by atoms with Gasteiger partial charge in [-0.2, -0.15) is 0 Å². The number of nitrogens with two attached hydrogens (primary N) is 1. The number of hydrogen-bond acceptors (Lipinski definition) is 2. The topological polar surface area (TPSA) is 46.3 Å². The molecular weight excluding hydrogens is 315 g/mol. The standard InChI is InChI=1S/C18H29FN2O.ClH/c1-13(2)17(20)8-9-21(4)18(22)11-14(3)10-15-6-5-7-16(19)12-15;/h5-7,12-14,17H,8-11,20H2,1-4H3;1H. The highest BCUT2D eigenvalue weighted by molar-refractivity contribution is 5.85. The van der Waals surface area contributed by atoms with Crippen LogP contribution in [0.5, 0.6) is 0 Å². The first-order valence-corrected chi connectivity index (χ1v) is 8.03. The number of rotatable bonds is 8. The molecule has 0 fully saturated rings. The van der Waals surface area contributed by atoms with Gasteiger partial charge in [-0.15, -0.1) is 12.4 Å². The van der Waals surface area contributed by atoms with Crippen molar-refractivity contribution in [3.63, 3.8) is 0 Å². The summed E-state index contributed by atoms with van der Waals surface area (Å²) < 4.78 is 13.2. The Labute approximate surface area is 145 Å². The van der Waals surface area contributed by atoms with Gasteiger partial charge in [0.25, 0.3) is 0 Å². The van der Waals surface area contributed by atoms with Crippen LogP contribution < -0.4 is 5.73 Å². The minimum absolute atomic E-state index is 0. The van der Waals surface area contributed by atoms with E-state index in [9.17, 15) is 9.18 Å². The third kappa shape index (κ3) is 8.33. The fourth-order valence-electron chi connectivity index (χ4n) is 2.39. The highest BCUT2D eigenvalue weighted by Crippen LogP contribution is 2.14. The number of carbonyl (C=O) groups excluding carboxylic acids is 1. The molecule has 132 valence electrons. The van der Waals surface area contributed by atoms with E-state index in [1.54, 1.807) is 11.0 Å². The van der Waals surface area contributed by atoms with Crippen molar-refractivity contribution in [3.8, 4) is 0 Å². The number of nitrogens with zero attached hydrogens (tertiary/aromatic N) is 1. The van der Waals surface area contributed by atoms with Gasteiger partial charge >= 0.3 is 0 Å². The van der Waals surface area contributed by atoms with Crippen LogP contribution in [0.25, 0.3) is 0 Å². The molecule has 23 heavy (non-hydrogen) atoms. The first kappa shape index (κ1) is 21.9. The van der Waals surface area contributed by atoms with Crippen molar-refractivity contribution in [3.05, 3.63) is 35.6 Å². The zero-order valence-corrected chi connectivity index (χ0v) is 15.4. The minimum Gasteiger partial charge on any atom is -0.346 e. The van der Waals surface area contributed by atoms with Crippen LogP contribution in [0.2, 0.25) is 0 Å². The molecule has 0 aliphatic heterocycles. The smallest absolute Gasteiger partial charge is 0.222 e. The van der Waals surface area contributed by atoms with Gasteiger partial charge in [0, 0.05) is 26.1 Å². The van der Waals surface area contributed by atoms with Crippen molar-refractivity contribution in [2.45, 2.75) is 46.1 Å². The lowest BCUT2D eigenvalue weighted by Gasteiger charge is -2.23. The van der Waals surface area contributed by atoms with Crippen LogP contribution in [0, 0.1) is 17.7 Å². The zero-order chi connectivity index (χ0) is 16.7. The van der Waals surface area contributed by atoms with Crippen molar-refractivity contribution >= 4 is 18.3 Å². The number of benzene rings is 1. The van der Waals surface area contributed by atoms with E-state index in [1.165, 1.54) is 12.1 Å². The predicted octanol–water partition coefficient (Wildman–Crippen LogP) is 3.65. The van der Waals surface area contributed by atoms with Crippen molar-refractivity contribution in [1.29, 1.82) is 0 Å². The number of hydrogen-bond donors (Lipinski definition) is 1. The Bertz CT molecular complexity index is 482. The average molecular weight is 345 g/mol. The molecule has 0 saturated carbocycles. The molecule has 0 saturated heterocycles. The number of carbonyl (C=O) groups is 1. The minimum atomic E-state index is -0.226. The maximum atomic E-state index is 13.2. The molecule has 0 aromatic heterocycles. The summed E-state index contributed by atoms with van der Waals surface area (Å²) in [5.74, 6) is 0.515. The lowest BCUT2D eigenvalue weighted by molar-refractivity contribution is -0.130. The van der Waals surface area contributed by atoms with E-state index >= 15 is 0 Å². The number of halogens is 2. The van der Waals surface area contributed by atoms with E-state index < -0.39 is 0 Å². The Kier molecular flexibility index (Phi) is 10.1. The monoisotopic (exact) mass is 344 g/mol. The summed E-state index contributed by atoms with van der Waals surface area (Å²) in [5.41, 5.74) is 6.94. The van der Waals surface area contributed by atoms with Crippen LogP contribution in [0.15, 0.2) is 24.3 Å². The van der Waals surface area contributed by atoms with Crippen molar-refractivity contribution in [2.75, 3.05) is 13.6 Å². The molecule has 2 N–H and O–H groups in total. The second-order valence-electron chi connectivity index (χ2n) is 6.66. The van der Waals surface area contributed by atoms with Crippen molar-refractivity contribution in [1.82, 2.24) is 4.90 Å². The van der Waals surface area contributed by atoms with Gasteiger partial charge in [0.1, 0.15) is 5.82 Å². The summed E-state index contributed by atoms with van der Waals surface area (Å²) >= 11 is 0. The Hall–Kier alpha value is -1.13. The van der Waals surface area contributed by atoms with Gasteiger partial charge in [0.15, 0.2) is 0 Å². The van der Waals surface area contributed by atoms with Crippen LogP contribution >= 0.6 is 12.4 Å². The van der Waals surface area contributed by atoms with E-state index in [4.69, 9.17) is 5.73 Å². The second-order valence-corrected chi connectivity index (χ2v) is 6.66. The summed E-state index contributed by atoms with van der Waals surface area (Å²) in [7, 11) is 1.82.